The van der Waals surface area contributed by atoms with Crippen LogP contribution >= 0.6 is 0 Å². The van der Waals surface area contributed by atoms with Crippen LogP contribution in [0.1, 0.15) is 0 Å². The van der Waals surface area contributed by atoms with E-state index in [1.54, 1.807) is 6.07 Å². The van der Waals surface area contributed by atoms with Gasteiger partial charge < -0.3 is 5.73 Å². The Labute approximate surface area is 82.9 Å². The van der Waals surface area contributed by atoms with Gasteiger partial charge in [0, 0.05) is 32.0 Å². The van der Waals surface area contributed by atoms with E-state index in [-0.39, 0.29) is 5.82 Å². The van der Waals surface area contributed by atoms with Gasteiger partial charge in [0.15, 0.2) is 0 Å². The largest absolute Gasteiger partial charge is 0.399 e. The Hall–Kier alpha value is -1.34. The molecule has 0 aliphatic carbocycles. The van der Waals surface area contributed by atoms with Crippen LogP contribution in [-0.2, 0) is 10.2 Å². The molecule has 0 atom stereocenters. The summed E-state index contributed by atoms with van der Waals surface area (Å²) in [5.74, 6) is 0.207. The van der Waals surface area contributed by atoms with Gasteiger partial charge in [-0.15, -0.1) is 0 Å². The van der Waals surface area contributed by atoms with Gasteiger partial charge in [0.2, 0.25) is 0 Å². The maximum absolute atomic E-state index is 11.3. The summed E-state index contributed by atoms with van der Waals surface area (Å²) in [6, 6.07) is 3.02. The quantitative estimate of drug-likeness (QED) is 0.737. The lowest BCUT2D eigenvalue weighted by Gasteiger charge is -2.12. The minimum atomic E-state index is -3.50. The number of pyridine rings is 1. The molecule has 0 aliphatic rings. The Bertz CT molecular complexity index is 415. The van der Waals surface area contributed by atoms with Gasteiger partial charge in [-0.2, -0.15) is 12.7 Å². The molecule has 0 radical (unpaired) electrons. The molecule has 0 saturated carbocycles. The van der Waals surface area contributed by atoms with Gasteiger partial charge in [0.1, 0.15) is 5.82 Å². The topological polar surface area (TPSA) is 88.3 Å². The number of anilines is 2. The van der Waals surface area contributed by atoms with E-state index in [1.165, 1.54) is 26.4 Å². The zero-order valence-corrected chi connectivity index (χ0v) is 8.75. The van der Waals surface area contributed by atoms with Gasteiger partial charge in [-0.1, -0.05) is 0 Å². The van der Waals surface area contributed by atoms with Crippen molar-refractivity contribution in [2.75, 3.05) is 24.6 Å². The van der Waals surface area contributed by atoms with Crippen molar-refractivity contribution in [1.29, 1.82) is 0 Å². The number of nitrogens with one attached hydrogen (secondary N) is 1. The van der Waals surface area contributed by atoms with Crippen LogP contribution in [-0.4, -0.2) is 31.8 Å². The number of hydrogen-bond acceptors (Lipinski definition) is 4. The highest BCUT2D eigenvalue weighted by Gasteiger charge is 2.13. The SMILES string of the molecule is CN(C)S(=O)(=O)Nc1cc(N)ccn1. The van der Waals surface area contributed by atoms with E-state index >= 15 is 0 Å². The first-order valence-corrected chi connectivity index (χ1v) is 5.27. The van der Waals surface area contributed by atoms with Gasteiger partial charge in [-0.3, -0.25) is 4.72 Å². The zero-order chi connectivity index (χ0) is 10.8. The Morgan fingerprint density at radius 3 is 2.64 bits per heavy atom. The smallest absolute Gasteiger partial charge is 0.302 e. The Morgan fingerprint density at radius 2 is 2.14 bits per heavy atom. The minimum Gasteiger partial charge on any atom is -0.399 e. The highest BCUT2D eigenvalue weighted by Crippen LogP contribution is 2.10. The van der Waals surface area contributed by atoms with Crippen molar-refractivity contribution < 1.29 is 8.42 Å². The molecule has 0 bridgehead atoms. The van der Waals surface area contributed by atoms with Crippen molar-refractivity contribution in [2.45, 2.75) is 0 Å². The number of aromatic nitrogens is 1. The van der Waals surface area contributed by atoms with Gasteiger partial charge in [0.05, 0.1) is 0 Å². The van der Waals surface area contributed by atoms with Crippen molar-refractivity contribution >= 4 is 21.7 Å². The molecule has 0 fully saturated rings. The second kappa shape index (κ2) is 3.81. The molecule has 0 aromatic carbocycles. The van der Waals surface area contributed by atoms with E-state index in [9.17, 15) is 8.42 Å². The first-order valence-electron chi connectivity index (χ1n) is 3.83. The summed E-state index contributed by atoms with van der Waals surface area (Å²) in [6.07, 6.45) is 1.43. The number of nitrogens with zero attached hydrogens (tertiary/aromatic N) is 2. The van der Waals surface area contributed by atoms with E-state index in [0.717, 1.165) is 4.31 Å². The van der Waals surface area contributed by atoms with Gasteiger partial charge in [-0.05, 0) is 6.07 Å². The number of rotatable bonds is 3. The molecule has 1 rings (SSSR count). The van der Waals surface area contributed by atoms with Crippen molar-refractivity contribution in [3.05, 3.63) is 18.3 Å². The Balaban J connectivity index is 2.90. The van der Waals surface area contributed by atoms with E-state index < -0.39 is 10.2 Å². The third-order valence-corrected chi connectivity index (χ3v) is 2.93. The summed E-state index contributed by atoms with van der Waals surface area (Å²) in [6.45, 7) is 0. The Kier molecular flexibility index (Phi) is 2.92. The van der Waals surface area contributed by atoms with Crippen LogP contribution in [0.25, 0.3) is 0 Å². The van der Waals surface area contributed by atoms with Gasteiger partial charge in [-0.25, -0.2) is 4.98 Å². The lowest BCUT2D eigenvalue weighted by Crippen LogP contribution is -2.29. The molecular weight excluding hydrogens is 204 g/mol. The summed E-state index contributed by atoms with van der Waals surface area (Å²) in [5, 5.41) is 0. The fourth-order valence-electron chi connectivity index (χ4n) is 0.726. The van der Waals surface area contributed by atoms with Gasteiger partial charge in [0.25, 0.3) is 0 Å². The summed E-state index contributed by atoms with van der Waals surface area (Å²) in [5.41, 5.74) is 5.92. The van der Waals surface area contributed by atoms with Crippen LogP contribution in [0.5, 0.6) is 0 Å². The van der Waals surface area contributed by atoms with E-state index in [4.69, 9.17) is 5.73 Å². The minimum absolute atomic E-state index is 0.207. The van der Waals surface area contributed by atoms with Crippen LogP contribution in [0.4, 0.5) is 11.5 Å². The summed E-state index contributed by atoms with van der Waals surface area (Å²) in [4.78, 5) is 3.81. The lowest BCUT2D eigenvalue weighted by molar-refractivity contribution is 0.526. The summed E-state index contributed by atoms with van der Waals surface area (Å²) < 4.78 is 26.0. The number of hydrogen-bond donors (Lipinski definition) is 2. The summed E-state index contributed by atoms with van der Waals surface area (Å²) in [7, 11) is -0.652. The van der Waals surface area contributed by atoms with Crippen LogP contribution in [0.2, 0.25) is 0 Å². The molecule has 3 N–H and O–H groups in total. The van der Waals surface area contributed by atoms with Crippen molar-refractivity contribution in [2.24, 2.45) is 0 Å². The fraction of sp³-hybridized carbons (Fsp3) is 0.286. The normalized spacial score (nSPS) is 11.6. The molecule has 0 saturated heterocycles. The highest BCUT2D eigenvalue weighted by atomic mass is 32.2. The number of nitrogens with two attached hydrogens (primary N) is 1. The molecular formula is C7H12N4O2S. The van der Waals surface area contributed by atoms with Crippen molar-refractivity contribution in [1.82, 2.24) is 9.29 Å². The first kappa shape index (κ1) is 10.7. The molecule has 0 spiro atoms. The zero-order valence-electron chi connectivity index (χ0n) is 7.93. The summed E-state index contributed by atoms with van der Waals surface area (Å²) >= 11 is 0. The van der Waals surface area contributed by atoms with Crippen molar-refractivity contribution in [3.8, 4) is 0 Å². The molecule has 1 aromatic rings. The average molecular weight is 216 g/mol. The molecule has 0 unspecified atom stereocenters. The molecule has 1 heterocycles. The molecule has 0 amide bonds. The standard InChI is InChI=1S/C7H12N4O2S/c1-11(2)14(12,13)10-7-5-6(8)3-4-9-7/h3-5H,1-2H3,(H3,8,9,10). The van der Waals surface area contributed by atoms with E-state index in [2.05, 4.69) is 9.71 Å². The molecule has 78 valence electrons. The maximum atomic E-state index is 11.3. The number of nitrogen functional groups attached to an aromatic ring is 1. The predicted octanol–water partition coefficient (Wildman–Crippen LogP) is -0.118. The van der Waals surface area contributed by atoms with E-state index in [1.807, 2.05) is 0 Å². The lowest BCUT2D eigenvalue weighted by atomic mass is 10.4. The molecule has 0 aliphatic heterocycles. The average Bonchev–Trinajstić information content (AvgIpc) is 2.02. The molecule has 1 aromatic heterocycles. The van der Waals surface area contributed by atoms with Crippen LogP contribution in [0.15, 0.2) is 18.3 Å². The molecule has 7 heteroatoms. The fourth-order valence-corrected chi connectivity index (χ4v) is 1.28. The van der Waals surface area contributed by atoms with Crippen LogP contribution < -0.4 is 10.5 Å². The third kappa shape index (κ3) is 2.57. The predicted molar refractivity (Wildman–Crippen MR) is 54.9 cm³/mol. The van der Waals surface area contributed by atoms with Crippen LogP contribution in [0, 0.1) is 0 Å². The maximum Gasteiger partial charge on any atom is 0.302 e. The first-order chi connectivity index (χ1) is 6.42. The molecule has 6 nitrogen and oxygen atoms in total. The highest BCUT2D eigenvalue weighted by molar-refractivity contribution is 7.90. The second-order valence-electron chi connectivity index (χ2n) is 2.86. The van der Waals surface area contributed by atoms with Crippen molar-refractivity contribution in [3.63, 3.8) is 0 Å². The molecule has 14 heavy (non-hydrogen) atoms. The second-order valence-corrected chi connectivity index (χ2v) is 4.75. The Morgan fingerprint density at radius 1 is 1.50 bits per heavy atom. The third-order valence-electron chi connectivity index (χ3n) is 1.50. The monoisotopic (exact) mass is 216 g/mol. The van der Waals surface area contributed by atoms with Crippen LogP contribution in [0.3, 0.4) is 0 Å². The van der Waals surface area contributed by atoms with Gasteiger partial charge >= 0.3 is 10.2 Å². The van der Waals surface area contributed by atoms with E-state index in [0.29, 0.717) is 5.69 Å².